The Morgan fingerprint density at radius 1 is 0.373 bits per heavy atom. The predicted octanol–water partition coefficient (Wildman–Crippen LogP) is 11.9. The first-order valence-corrected chi connectivity index (χ1v) is 17.1. The molecule has 0 spiro atoms. The van der Waals surface area contributed by atoms with Crippen LogP contribution < -0.4 is 0 Å². The summed E-state index contributed by atoms with van der Waals surface area (Å²) in [6.07, 6.45) is 8.30. The first-order chi connectivity index (χ1) is 25.1. The molecule has 0 saturated heterocycles. The van der Waals surface area contributed by atoms with Crippen molar-refractivity contribution in [3.63, 3.8) is 0 Å². The lowest BCUT2D eigenvalue weighted by molar-refractivity contribution is 1.33. The van der Waals surface area contributed by atoms with E-state index in [2.05, 4.69) is 146 Å². The second-order valence-electron chi connectivity index (χ2n) is 12.8. The highest BCUT2D eigenvalue weighted by Gasteiger charge is 2.12. The fraction of sp³-hybridized carbons (Fsp3) is 0.0213. The molecule has 0 N–H and O–H groups in total. The summed E-state index contributed by atoms with van der Waals surface area (Å²) in [5, 5.41) is 4.27. The summed E-state index contributed by atoms with van der Waals surface area (Å²) in [6, 6.07) is 52.4. The standard InChI is InChI=1S/C47H32N4/c1-31-30-38(42-28-21-36-16-14-34-18-25-39(48-44(34)46(36)50-42)23-12-32-8-4-2-5-9-32)20-27-41(31)43-29-22-37-17-15-35-19-26-40(49-45(35)47(37)51-43)24-13-33-10-6-3-7-11-33/h2-30H,1H3/b23-12+,24-13?. The quantitative estimate of drug-likeness (QED) is 0.168. The second-order valence-corrected chi connectivity index (χ2v) is 12.8. The van der Waals surface area contributed by atoms with Crippen molar-refractivity contribution < 1.29 is 0 Å². The van der Waals surface area contributed by atoms with Gasteiger partial charge in [0.05, 0.1) is 44.8 Å². The predicted molar refractivity (Wildman–Crippen MR) is 214 cm³/mol. The SMILES string of the molecule is Cc1cc(-c2ccc3ccc4ccc(/C=C/c5ccccc5)nc4c3n2)ccc1-c1ccc2ccc3ccc(C=Cc4ccccc4)nc3c2n1. The van der Waals surface area contributed by atoms with Crippen molar-refractivity contribution in [3.05, 3.63) is 180 Å². The van der Waals surface area contributed by atoms with Crippen molar-refractivity contribution in [2.75, 3.05) is 0 Å². The van der Waals surface area contributed by atoms with Gasteiger partial charge in [-0.25, -0.2) is 19.9 Å². The summed E-state index contributed by atoms with van der Waals surface area (Å²) in [6.45, 7) is 2.14. The third kappa shape index (κ3) is 6.04. The van der Waals surface area contributed by atoms with Gasteiger partial charge in [-0.3, -0.25) is 0 Å². The van der Waals surface area contributed by atoms with Crippen LogP contribution in [0.1, 0.15) is 28.1 Å². The Bertz CT molecular complexity index is 2800. The third-order valence-corrected chi connectivity index (χ3v) is 9.37. The molecule has 4 heterocycles. The third-order valence-electron chi connectivity index (χ3n) is 9.37. The number of fused-ring (bicyclic) bond motifs is 6. The van der Waals surface area contributed by atoms with Crippen LogP contribution in [-0.4, -0.2) is 19.9 Å². The molecular formula is C47H32N4. The minimum Gasteiger partial charge on any atom is -0.246 e. The highest BCUT2D eigenvalue weighted by Crippen LogP contribution is 2.32. The van der Waals surface area contributed by atoms with Gasteiger partial charge >= 0.3 is 0 Å². The van der Waals surface area contributed by atoms with E-state index < -0.39 is 0 Å². The van der Waals surface area contributed by atoms with Crippen LogP contribution >= 0.6 is 0 Å². The molecule has 0 atom stereocenters. The lowest BCUT2D eigenvalue weighted by atomic mass is 9.99. The van der Waals surface area contributed by atoms with Gasteiger partial charge in [-0.05, 0) is 66.1 Å². The summed E-state index contributed by atoms with van der Waals surface area (Å²) in [5.74, 6) is 0. The number of hydrogen-bond donors (Lipinski definition) is 0. The van der Waals surface area contributed by atoms with Gasteiger partial charge in [0.15, 0.2) is 0 Å². The molecule has 9 aromatic rings. The topological polar surface area (TPSA) is 51.6 Å². The molecule has 0 aliphatic heterocycles. The van der Waals surface area contributed by atoms with Crippen molar-refractivity contribution in [2.24, 2.45) is 0 Å². The Labute approximate surface area is 296 Å². The molecule has 4 heteroatoms. The van der Waals surface area contributed by atoms with E-state index in [9.17, 15) is 0 Å². The van der Waals surface area contributed by atoms with E-state index >= 15 is 0 Å². The maximum Gasteiger partial charge on any atom is 0.0972 e. The molecule has 0 radical (unpaired) electrons. The Morgan fingerprint density at radius 2 is 0.804 bits per heavy atom. The summed E-state index contributed by atoms with van der Waals surface area (Å²) >= 11 is 0. The number of benzene rings is 5. The molecule has 0 unspecified atom stereocenters. The van der Waals surface area contributed by atoms with E-state index in [1.54, 1.807) is 0 Å². The van der Waals surface area contributed by atoms with Crippen molar-refractivity contribution in [3.8, 4) is 22.5 Å². The minimum atomic E-state index is 0.898. The Hall–Kier alpha value is -6.78. The van der Waals surface area contributed by atoms with Crippen molar-refractivity contribution in [1.29, 1.82) is 0 Å². The molecule has 0 fully saturated rings. The fourth-order valence-corrected chi connectivity index (χ4v) is 6.66. The van der Waals surface area contributed by atoms with E-state index in [-0.39, 0.29) is 0 Å². The van der Waals surface area contributed by atoms with E-state index in [0.29, 0.717) is 0 Å². The van der Waals surface area contributed by atoms with Crippen LogP contribution in [0.3, 0.4) is 0 Å². The number of pyridine rings is 4. The summed E-state index contributed by atoms with van der Waals surface area (Å²) in [5.41, 5.74) is 12.8. The highest BCUT2D eigenvalue weighted by molar-refractivity contribution is 6.05. The molecule has 0 aliphatic carbocycles. The minimum absolute atomic E-state index is 0.898. The van der Waals surface area contributed by atoms with Gasteiger partial charge < -0.3 is 0 Å². The zero-order chi connectivity index (χ0) is 34.1. The largest absolute Gasteiger partial charge is 0.246 e. The van der Waals surface area contributed by atoms with Crippen LogP contribution in [0, 0.1) is 6.92 Å². The Morgan fingerprint density at radius 3 is 1.31 bits per heavy atom. The molecular weight excluding hydrogens is 621 g/mol. The first-order valence-electron chi connectivity index (χ1n) is 17.1. The summed E-state index contributed by atoms with van der Waals surface area (Å²) in [7, 11) is 0. The van der Waals surface area contributed by atoms with E-state index in [4.69, 9.17) is 19.9 Å². The van der Waals surface area contributed by atoms with Crippen molar-refractivity contribution in [2.45, 2.75) is 6.92 Å². The second kappa shape index (κ2) is 12.9. The molecule has 0 bridgehead atoms. The van der Waals surface area contributed by atoms with Gasteiger partial charge in [-0.1, -0.05) is 133 Å². The number of aromatic nitrogens is 4. The molecule has 9 rings (SSSR count). The molecule has 51 heavy (non-hydrogen) atoms. The maximum absolute atomic E-state index is 5.20. The van der Waals surface area contributed by atoms with Crippen molar-refractivity contribution >= 4 is 67.9 Å². The van der Waals surface area contributed by atoms with Crippen LogP contribution in [-0.2, 0) is 0 Å². The molecule has 0 amide bonds. The number of rotatable bonds is 6. The van der Waals surface area contributed by atoms with Crippen LogP contribution in [0.15, 0.2) is 152 Å². The molecule has 4 nitrogen and oxygen atoms in total. The van der Waals surface area contributed by atoms with Gasteiger partial charge in [0.2, 0.25) is 0 Å². The number of nitrogens with zero attached hydrogens (tertiary/aromatic N) is 4. The number of hydrogen-bond acceptors (Lipinski definition) is 4. The average Bonchev–Trinajstić information content (AvgIpc) is 3.19. The Kier molecular flexibility index (Phi) is 7.67. The highest BCUT2D eigenvalue weighted by atomic mass is 14.8. The first kappa shape index (κ1) is 30.3. The number of aryl methyl sites for hydroxylation is 1. The van der Waals surface area contributed by atoms with Crippen LogP contribution in [0.2, 0.25) is 0 Å². The summed E-state index contributed by atoms with van der Waals surface area (Å²) in [4.78, 5) is 20.4. The fourth-order valence-electron chi connectivity index (χ4n) is 6.66. The maximum atomic E-state index is 5.20. The average molecular weight is 653 g/mol. The van der Waals surface area contributed by atoms with Crippen molar-refractivity contribution in [1.82, 2.24) is 19.9 Å². The smallest absolute Gasteiger partial charge is 0.0972 e. The van der Waals surface area contributed by atoms with E-state index in [1.165, 1.54) is 0 Å². The lowest BCUT2D eigenvalue weighted by Gasteiger charge is -2.11. The summed E-state index contributed by atoms with van der Waals surface area (Å²) < 4.78 is 0. The molecule has 5 aromatic carbocycles. The van der Waals surface area contributed by atoms with E-state index in [0.717, 1.165) is 94.2 Å². The van der Waals surface area contributed by atoms with E-state index in [1.807, 2.05) is 36.4 Å². The van der Waals surface area contributed by atoms with Crippen LogP contribution in [0.4, 0.5) is 0 Å². The molecule has 0 saturated carbocycles. The molecule has 0 aliphatic rings. The zero-order valence-corrected chi connectivity index (χ0v) is 28.0. The normalized spacial score (nSPS) is 11.9. The van der Waals surface area contributed by atoms with Gasteiger partial charge in [0.1, 0.15) is 0 Å². The van der Waals surface area contributed by atoms with Gasteiger partial charge in [0.25, 0.3) is 0 Å². The Balaban J connectivity index is 1.06. The van der Waals surface area contributed by atoms with Gasteiger partial charge in [0, 0.05) is 32.7 Å². The van der Waals surface area contributed by atoms with Gasteiger partial charge in [-0.15, -0.1) is 0 Å². The monoisotopic (exact) mass is 652 g/mol. The molecule has 4 aromatic heterocycles. The van der Waals surface area contributed by atoms with Crippen LogP contribution in [0.25, 0.3) is 90.4 Å². The molecule has 240 valence electrons. The van der Waals surface area contributed by atoms with Gasteiger partial charge in [-0.2, -0.15) is 0 Å². The zero-order valence-electron chi connectivity index (χ0n) is 28.0. The van der Waals surface area contributed by atoms with Crippen LogP contribution in [0.5, 0.6) is 0 Å². The lowest BCUT2D eigenvalue weighted by Crippen LogP contribution is -1.93.